The predicted octanol–water partition coefficient (Wildman–Crippen LogP) is 0.913. The summed E-state index contributed by atoms with van der Waals surface area (Å²) in [5.41, 5.74) is 10.6. The minimum atomic E-state index is -0.275. The van der Waals surface area contributed by atoms with Gasteiger partial charge in [-0.05, 0) is 44.6 Å². The Labute approximate surface area is 115 Å². The van der Waals surface area contributed by atoms with Crippen LogP contribution in [-0.2, 0) is 9.59 Å². The molecule has 0 radical (unpaired) electrons. The molecule has 5 N–H and O–H groups in total. The highest BCUT2D eigenvalue weighted by Gasteiger charge is 2.26. The lowest BCUT2D eigenvalue weighted by Crippen LogP contribution is -2.34. The summed E-state index contributed by atoms with van der Waals surface area (Å²) in [5.74, 6) is 0.662. The van der Waals surface area contributed by atoms with Crippen LogP contribution in [0.25, 0.3) is 0 Å². The van der Waals surface area contributed by atoms with Crippen molar-refractivity contribution in [1.82, 2.24) is 5.32 Å². The zero-order valence-electron chi connectivity index (χ0n) is 11.7. The topological polar surface area (TPSA) is 98.2 Å². The van der Waals surface area contributed by atoms with E-state index >= 15 is 0 Å². The molecule has 1 rings (SSSR count). The molecule has 0 aromatic heterocycles. The Hall–Kier alpha value is -1.10. The van der Waals surface area contributed by atoms with E-state index in [1.54, 1.807) is 0 Å². The van der Waals surface area contributed by atoms with E-state index in [0.717, 1.165) is 38.5 Å². The van der Waals surface area contributed by atoms with Gasteiger partial charge in [0.2, 0.25) is 11.8 Å². The van der Waals surface area contributed by atoms with Gasteiger partial charge in [0.15, 0.2) is 0 Å². The van der Waals surface area contributed by atoms with Gasteiger partial charge in [0.25, 0.3) is 0 Å². The maximum absolute atomic E-state index is 12.0. The van der Waals surface area contributed by atoms with Crippen molar-refractivity contribution in [2.45, 2.75) is 51.4 Å². The first-order chi connectivity index (χ1) is 9.13. The van der Waals surface area contributed by atoms with Gasteiger partial charge in [-0.2, -0.15) is 0 Å². The van der Waals surface area contributed by atoms with E-state index in [1.165, 1.54) is 6.42 Å². The largest absolute Gasteiger partial charge is 0.370 e. The molecule has 2 amide bonds. The number of rotatable bonds is 8. The molecule has 2 unspecified atom stereocenters. The molecule has 1 saturated carbocycles. The summed E-state index contributed by atoms with van der Waals surface area (Å²) in [5, 5.41) is 2.97. The van der Waals surface area contributed by atoms with Crippen molar-refractivity contribution in [2.75, 3.05) is 13.1 Å². The maximum Gasteiger partial charge on any atom is 0.223 e. The van der Waals surface area contributed by atoms with Gasteiger partial charge in [-0.25, -0.2) is 0 Å². The highest BCUT2D eigenvalue weighted by Crippen LogP contribution is 2.30. The molecule has 19 heavy (non-hydrogen) atoms. The third-order valence-electron chi connectivity index (χ3n) is 3.88. The van der Waals surface area contributed by atoms with Crippen LogP contribution in [0, 0.1) is 11.8 Å². The van der Waals surface area contributed by atoms with E-state index in [2.05, 4.69) is 5.32 Å². The molecule has 5 nitrogen and oxygen atoms in total. The van der Waals surface area contributed by atoms with Crippen molar-refractivity contribution in [3.63, 3.8) is 0 Å². The number of amides is 2. The molecule has 0 bridgehead atoms. The van der Waals surface area contributed by atoms with Gasteiger partial charge < -0.3 is 16.8 Å². The van der Waals surface area contributed by atoms with Crippen molar-refractivity contribution >= 4 is 11.8 Å². The van der Waals surface area contributed by atoms with Crippen LogP contribution in [0.1, 0.15) is 51.4 Å². The van der Waals surface area contributed by atoms with Crippen LogP contribution in [0.15, 0.2) is 0 Å². The lowest BCUT2D eigenvalue weighted by atomic mass is 9.79. The predicted molar refractivity (Wildman–Crippen MR) is 75.2 cm³/mol. The fourth-order valence-electron chi connectivity index (χ4n) is 2.81. The Morgan fingerprint density at radius 1 is 1.21 bits per heavy atom. The number of hydrogen-bond donors (Lipinski definition) is 3. The van der Waals surface area contributed by atoms with Crippen molar-refractivity contribution in [3.8, 4) is 0 Å². The number of unbranched alkanes of at least 4 members (excludes halogenated alkanes) is 1. The van der Waals surface area contributed by atoms with Crippen LogP contribution in [-0.4, -0.2) is 24.9 Å². The number of carbonyl (C=O) groups excluding carboxylic acids is 2. The minimum Gasteiger partial charge on any atom is -0.370 e. The van der Waals surface area contributed by atoms with Crippen LogP contribution >= 0.6 is 0 Å². The van der Waals surface area contributed by atoms with Crippen LogP contribution in [0.2, 0.25) is 0 Å². The van der Waals surface area contributed by atoms with Crippen molar-refractivity contribution < 1.29 is 9.59 Å². The fourth-order valence-corrected chi connectivity index (χ4v) is 2.81. The second kappa shape index (κ2) is 8.91. The van der Waals surface area contributed by atoms with E-state index in [9.17, 15) is 9.59 Å². The lowest BCUT2D eigenvalue weighted by Gasteiger charge is -2.28. The Balaban J connectivity index is 2.16. The Bertz CT molecular complexity index is 292. The molecular weight excluding hydrogens is 242 g/mol. The Morgan fingerprint density at radius 2 is 2.00 bits per heavy atom. The van der Waals surface area contributed by atoms with E-state index in [4.69, 9.17) is 11.5 Å². The smallest absolute Gasteiger partial charge is 0.223 e. The number of carbonyl (C=O) groups is 2. The molecule has 1 fully saturated rings. The SMILES string of the molecule is NCCC1CCCC(C(=O)NCCCCC(N)=O)C1. The fraction of sp³-hybridized carbons (Fsp3) is 0.857. The van der Waals surface area contributed by atoms with Crippen LogP contribution < -0.4 is 16.8 Å². The molecular formula is C14H27N3O2. The van der Waals surface area contributed by atoms with Crippen LogP contribution in [0.5, 0.6) is 0 Å². The third kappa shape index (κ3) is 6.57. The average Bonchev–Trinajstić information content (AvgIpc) is 2.38. The van der Waals surface area contributed by atoms with Gasteiger partial charge in [0, 0.05) is 18.9 Å². The number of primary amides is 1. The molecule has 0 saturated heterocycles. The highest BCUT2D eigenvalue weighted by atomic mass is 16.2. The number of nitrogens with one attached hydrogen (secondary N) is 1. The second-order valence-electron chi connectivity index (χ2n) is 5.52. The zero-order valence-corrected chi connectivity index (χ0v) is 11.7. The molecule has 1 aliphatic rings. The first kappa shape index (κ1) is 16.0. The number of hydrogen-bond acceptors (Lipinski definition) is 3. The number of nitrogens with two attached hydrogens (primary N) is 2. The second-order valence-corrected chi connectivity index (χ2v) is 5.52. The van der Waals surface area contributed by atoms with Crippen LogP contribution in [0.3, 0.4) is 0 Å². The van der Waals surface area contributed by atoms with Gasteiger partial charge in [-0.1, -0.05) is 12.8 Å². The molecule has 5 heteroatoms. The lowest BCUT2D eigenvalue weighted by molar-refractivity contribution is -0.126. The van der Waals surface area contributed by atoms with Crippen molar-refractivity contribution in [2.24, 2.45) is 23.3 Å². The Kier molecular flexibility index (Phi) is 7.48. The molecule has 110 valence electrons. The monoisotopic (exact) mass is 269 g/mol. The average molecular weight is 269 g/mol. The van der Waals surface area contributed by atoms with E-state index in [0.29, 0.717) is 25.4 Å². The minimum absolute atomic E-state index is 0.154. The van der Waals surface area contributed by atoms with Gasteiger partial charge in [0.05, 0.1) is 0 Å². The highest BCUT2D eigenvalue weighted by molar-refractivity contribution is 5.78. The summed E-state index contributed by atoms with van der Waals surface area (Å²) in [4.78, 5) is 22.6. The summed E-state index contributed by atoms with van der Waals surface area (Å²) >= 11 is 0. The van der Waals surface area contributed by atoms with Gasteiger partial charge in [0.1, 0.15) is 0 Å². The summed E-state index contributed by atoms with van der Waals surface area (Å²) < 4.78 is 0. The molecule has 1 aliphatic carbocycles. The van der Waals surface area contributed by atoms with Crippen LogP contribution in [0.4, 0.5) is 0 Å². The zero-order chi connectivity index (χ0) is 14.1. The quantitative estimate of drug-likeness (QED) is 0.571. The van der Waals surface area contributed by atoms with E-state index < -0.39 is 0 Å². The third-order valence-corrected chi connectivity index (χ3v) is 3.88. The molecule has 0 aromatic rings. The van der Waals surface area contributed by atoms with E-state index in [1.807, 2.05) is 0 Å². The molecule has 0 aromatic carbocycles. The van der Waals surface area contributed by atoms with Gasteiger partial charge >= 0.3 is 0 Å². The van der Waals surface area contributed by atoms with Gasteiger partial charge in [-0.15, -0.1) is 0 Å². The normalized spacial score (nSPS) is 23.0. The molecule has 2 atom stereocenters. The first-order valence-corrected chi connectivity index (χ1v) is 7.39. The molecule has 0 spiro atoms. The van der Waals surface area contributed by atoms with Crippen molar-refractivity contribution in [1.29, 1.82) is 0 Å². The molecule has 0 aliphatic heterocycles. The summed E-state index contributed by atoms with van der Waals surface area (Å²) in [7, 11) is 0. The first-order valence-electron chi connectivity index (χ1n) is 7.39. The molecule has 0 heterocycles. The maximum atomic E-state index is 12.0. The summed E-state index contributed by atoms with van der Waals surface area (Å²) in [6.07, 6.45) is 7.30. The summed E-state index contributed by atoms with van der Waals surface area (Å²) in [6.45, 7) is 1.36. The van der Waals surface area contributed by atoms with Crippen molar-refractivity contribution in [3.05, 3.63) is 0 Å². The van der Waals surface area contributed by atoms with E-state index in [-0.39, 0.29) is 17.7 Å². The summed E-state index contributed by atoms with van der Waals surface area (Å²) in [6, 6.07) is 0. The van der Waals surface area contributed by atoms with Gasteiger partial charge in [-0.3, -0.25) is 9.59 Å². The Morgan fingerprint density at radius 3 is 2.68 bits per heavy atom. The standard InChI is InChI=1S/C14H27N3O2/c15-8-7-11-4-3-5-12(10-11)14(19)17-9-2-1-6-13(16)18/h11-12H,1-10,15H2,(H2,16,18)(H,17,19).